The monoisotopic (exact) mass is 334 g/mol. The van der Waals surface area contributed by atoms with Crippen LogP contribution in [0.2, 0.25) is 0 Å². The van der Waals surface area contributed by atoms with Gasteiger partial charge in [0.1, 0.15) is 0 Å². The lowest BCUT2D eigenvalue weighted by Gasteiger charge is -2.38. The number of esters is 1. The molecule has 2 bridgehead atoms. The number of nitrogens with one attached hydrogen (secondary N) is 1. The van der Waals surface area contributed by atoms with Crippen LogP contribution in [0.25, 0.3) is 0 Å². The van der Waals surface area contributed by atoms with E-state index in [0.717, 1.165) is 25.2 Å². The Hall–Kier alpha value is -1.43. The predicted octanol–water partition coefficient (Wildman–Crippen LogP) is 3.01. The fraction of sp³-hybridized carbons (Fsp3) is 0.706. The molecule has 0 aromatic carbocycles. The Labute approximate surface area is 139 Å². The zero-order chi connectivity index (χ0) is 16.2. The first kappa shape index (κ1) is 15.1. The Morgan fingerprint density at radius 2 is 2.22 bits per heavy atom. The maximum absolute atomic E-state index is 12.9. The van der Waals surface area contributed by atoms with Crippen molar-refractivity contribution in [2.75, 3.05) is 12.4 Å². The van der Waals surface area contributed by atoms with Crippen molar-refractivity contribution in [1.29, 1.82) is 0 Å². The normalized spacial score (nSPS) is 37.1. The van der Waals surface area contributed by atoms with Crippen LogP contribution in [0, 0.1) is 22.7 Å². The van der Waals surface area contributed by atoms with Crippen LogP contribution in [0.3, 0.4) is 0 Å². The van der Waals surface area contributed by atoms with E-state index in [0.29, 0.717) is 22.2 Å². The van der Waals surface area contributed by atoms with Crippen molar-refractivity contribution < 1.29 is 14.3 Å². The number of hydrogen-bond donors (Lipinski definition) is 1. The Kier molecular flexibility index (Phi) is 3.31. The van der Waals surface area contributed by atoms with Gasteiger partial charge >= 0.3 is 5.97 Å². The van der Waals surface area contributed by atoms with Gasteiger partial charge in [0.15, 0.2) is 5.13 Å². The molecule has 3 aliphatic carbocycles. The fourth-order valence-corrected chi connectivity index (χ4v) is 5.93. The van der Waals surface area contributed by atoms with Gasteiger partial charge in [-0.15, -0.1) is 11.3 Å². The van der Waals surface area contributed by atoms with E-state index in [-0.39, 0.29) is 23.7 Å². The third-order valence-corrected chi connectivity index (χ3v) is 6.79. The number of nitrogens with zero attached hydrogens (tertiary/aromatic N) is 1. The first-order chi connectivity index (χ1) is 10.9. The number of thiazole rings is 1. The third-order valence-electron chi connectivity index (χ3n) is 5.99. The first-order valence-electron chi connectivity index (χ1n) is 8.27. The summed E-state index contributed by atoms with van der Waals surface area (Å²) in [6.07, 6.45) is 5.87. The summed E-state index contributed by atoms with van der Waals surface area (Å²) in [6, 6.07) is 0. The van der Waals surface area contributed by atoms with Crippen LogP contribution in [0.15, 0.2) is 5.38 Å². The second kappa shape index (κ2) is 5.03. The van der Waals surface area contributed by atoms with Crippen LogP contribution in [0.5, 0.6) is 0 Å². The molecular formula is C17H22N2O3S. The van der Waals surface area contributed by atoms with Crippen LogP contribution in [0.4, 0.5) is 5.13 Å². The maximum Gasteiger partial charge on any atom is 0.311 e. The average Bonchev–Trinajstić information content (AvgIpc) is 2.83. The molecule has 4 rings (SSSR count). The van der Waals surface area contributed by atoms with Crippen molar-refractivity contribution in [3.05, 3.63) is 11.1 Å². The van der Waals surface area contributed by atoms with E-state index in [1.165, 1.54) is 31.3 Å². The van der Waals surface area contributed by atoms with Gasteiger partial charge in [0.05, 0.1) is 24.6 Å². The number of methoxy groups -OCH3 is 1. The van der Waals surface area contributed by atoms with E-state index in [2.05, 4.69) is 22.0 Å². The van der Waals surface area contributed by atoms with Gasteiger partial charge in [0.25, 0.3) is 0 Å². The second-order valence-electron chi connectivity index (χ2n) is 7.79. The molecule has 1 spiro atoms. The summed E-state index contributed by atoms with van der Waals surface area (Å²) in [7, 11) is 1.36. The summed E-state index contributed by atoms with van der Waals surface area (Å²) in [5.41, 5.74) is 0.945. The second-order valence-corrected chi connectivity index (χ2v) is 8.65. The smallest absolute Gasteiger partial charge is 0.311 e. The lowest BCUT2D eigenvalue weighted by molar-refractivity contribution is -0.139. The standard InChI is InChI=1S/C17H22N2O3S/c1-10-4-16-6-11(16)7-17(5-10,9-16)14(21)19-15-18-12(8-23-15)3-13(20)22-2/h8,10-11H,3-7,9H2,1-2H3,(H,18,19,21). The van der Waals surface area contributed by atoms with Gasteiger partial charge in [-0.3, -0.25) is 9.59 Å². The van der Waals surface area contributed by atoms with Crippen molar-refractivity contribution >= 4 is 28.3 Å². The quantitative estimate of drug-likeness (QED) is 0.860. The van der Waals surface area contributed by atoms with E-state index in [9.17, 15) is 9.59 Å². The van der Waals surface area contributed by atoms with Crippen molar-refractivity contribution in [3.63, 3.8) is 0 Å². The number of aromatic nitrogens is 1. The summed E-state index contributed by atoms with van der Waals surface area (Å²) in [5, 5.41) is 5.42. The molecule has 4 atom stereocenters. The maximum atomic E-state index is 12.9. The molecule has 3 fully saturated rings. The molecule has 1 N–H and O–H groups in total. The molecule has 1 amide bonds. The topological polar surface area (TPSA) is 68.3 Å². The molecule has 23 heavy (non-hydrogen) atoms. The minimum absolute atomic E-state index is 0.134. The number of fused-ring (bicyclic) bond motifs is 1. The van der Waals surface area contributed by atoms with Gasteiger partial charge < -0.3 is 10.1 Å². The lowest BCUT2D eigenvalue weighted by atomic mass is 9.67. The summed E-state index contributed by atoms with van der Waals surface area (Å²) >= 11 is 1.38. The van der Waals surface area contributed by atoms with Crippen molar-refractivity contribution in [3.8, 4) is 0 Å². The number of rotatable bonds is 4. The van der Waals surface area contributed by atoms with Gasteiger partial charge in [0.2, 0.25) is 5.91 Å². The molecule has 3 saturated carbocycles. The predicted molar refractivity (Wildman–Crippen MR) is 87.1 cm³/mol. The summed E-state index contributed by atoms with van der Waals surface area (Å²) in [6.45, 7) is 2.28. The van der Waals surface area contributed by atoms with E-state index in [1.807, 2.05) is 0 Å². The van der Waals surface area contributed by atoms with Crippen LogP contribution in [-0.2, 0) is 20.7 Å². The average molecular weight is 334 g/mol. The Morgan fingerprint density at radius 1 is 1.39 bits per heavy atom. The third kappa shape index (κ3) is 2.47. The minimum Gasteiger partial charge on any atom is -0.469 e. The number of amides is 1. The minimum atomic E-state index is -0.314. The van der Waals surface area contributed by atoms with Crippen LogP contribution < -0.4 is 5.32 Å². The SMILES string of the molecule is COC(=O)Cc1csc(NC(=O)C23CC(C)CC4(CC4C2)C3)n1. The van der Waals surface area contributed by atoms with Gasteiger partial charge in [-0.1, -0.05) is 6.92 Å². The van der Waals surface area contributed by atoms with E-state index in [4.69, 9.17) is 0 Å². The first-order valence-corrected chi connectivity index (χ1v) is 9.15. The highest BCUT2D eigenvalue weighted by atomic mass is 32.1. The molecule has 6 heteroatoms. The molecule has 3 aliphatic rings. The summed E-state index contributed by atoms with van der Waals surface area (Å²) < 4.78 is 4.64. The Balaban J connectivity index is 1.45. The Morgan fingerprint density at radius 3 is 3.00 bits per heavy atom. The molecule has 1 aromatic heterocycles. The van der Waals surface area contributed by atoms with E-state index >= 15 is 0 Å². The summed E-state index contributed by atoms with van der Waals surface area (Å²) in [5.74, 6) is 1.22. The molecule has 1 heterocycles. The van der Waals surface area contributed by atoms with Crippen molar-refractivity contribution in [2.24, 2.45) is 22.7 Å². The largest absolute Gasteiger partial charge is 0.469 e. The van der Waals surface area contributed by atoms with Crippen LogP contribution in [-0.4, -0.2) is 24.0 Å². The Bertz CT molecular complexity index is 669. The van der Waals surface area contributed by atoms with Gasteiger partial charge in [-0.25, -0.2) is 4.98 Å². The zero-order valence-corrected chi connectivity index (χ0v) is 14.4. The molecule has 0 radical (unpaired) electrons. The number of carbonyl (C=O) groups is 2. The molecule has 1 aromatic rings. The molecule has 4 unspecified atom stereocenters. The number of ether oxygens (including phenoxy) is 1. The fourth-order valence-electron chi connectivity index (χ4n) is 5.23. The van der Waals surface area contributed by atoms with E-state index in [1.54, 1.807) is 5.38 Å². The molecule has 0 aliphatic heterocycles. The highest BCUT2D eigenvalue weighted by Gasteiger charge is 2.69. The van der Waals surface area contributed by atoms with Crippen LogP contribution in [0.1, 0.15) is 44.7 Å². The molecule has 0 saturated heterocycles. The highest BCUT2D eigenvalue weighted by molar-refractivity contribution is 7.13. The van der Waals surface area contributed by atoms with Gasteiger partial charge in [-0.2, -0.15) is 0 Å². The highest BCUT2D eigenvalue weighted by Crippen LogP contribution is 2.76. The number of carbonyl (C=O) groups excluding carboxylic acids is 2. The molecule has 124 valence electrons. The zero-order valence-electron chi connectivity index (χ0n) is 13.6. The molecule has 5 nitrogen and oxygen atoms in total. The van der Waals surface area contributed by atoms with Crippen LogP contribution >= 0.6 is 11.3 Å². The van der Waals surface area contributed by atoms with Crippen molar-refractivity contribution in [1.82, 2.24) is 4.98 Å². The van der Waals surface area contributed by atoms with Gasteiger partial charge in [0, 0.05) is 5.38 Å². The lowest BCUT2D eigenvalue weighted by Crippen LogP contribution is -2.40. The van der Waals surface area contributed by atoms with E-state index < -0.39 is 0 Å². The molecular weight excluding hydrogens is 312 g/mol. The number of hydrogen-bond acceptors (Lipinski definition) is 5. The summed E-state index contributed by atoms with van der Waals surface area (Å²) in [4.78, 5) is 28.5. The number of anilines is 1. The van der Waals surface area contributed by atoms with Crippen molar-refractivity contribution in [2.45, 2.75) is 45.4 Å². The van der Waals surface area contributed by atoms with Gasteiger partial charge in [-0.05, 0) is 49.4 Å².